The van der Waals surface area contributed by atoms with Crippen LogP contribution in [0.2, 0.25) is 5.02 Å². The normalized spacial score (nSPS) is 20.2. The molecule has 6 heteroatoms. The molecule has 2 aliphatic rings. The molecule has 0 unspecified atom stereocenters. The molecule has 0 saturated carbocycles. The summed E-state index contributed by atoms with van der Waals surface area (Å²) in [4.78, 5) is 0. The second kappa shape index (κ2) is 7.21. The van der Waals surface area contributed by atoms with Crippen molar-refractivity contribution in [1.29, 1.82) is 0 Å². The molecule has 140 valence electrons. The zero-order valence-electron chi connectivity index (χ0n) is 14.6. The molecule has 0 amide bonds. The summed E-state index contributed by atoms with van der Waals surface area (Å²) in [6.07, 6.45) is 0.425. The highest BCUT2D eigenvalue weighted by atomic mass is 79.9. The van der Waals surface area contributed by atoms with Crippen molar-refractivity contribution in [2.24, 2.45) is 5.10 Å². The van der Waals surface area contributed by atoms with Crippen LogP contribution in [-0.4, -0.2) is 10.7 Å². The van der Waals surface area contributed by atoms with Crippen LogP contribution >= 0.6 is 43.5 Å². The van der Waals surface area contributed by atoms with Crippen LogP contribution in [0.4, 0.5) is 0 Å². The Hall–Kier alpha value is -1.82. The van der Waals surface area contributed by atoms with Gasteiger partial charge in [-0.05, 0) is 39.7 Å². The highest BCUT2D eigenvalue weighted by Crippen LogP contribution is 2.51. The molecule has 0 aliphatic carbocycles. The molecule has 0 aromatic heterocycles. The second-order valence-corrected chi connectivity index (χ2v) is 8.99. The van der Waals surface area contributed by atoms with Crippen molar-refractivity contribution in [2.75, 3.05) is 0 Å². The molecule has 28 heavy (non-hydrogen) atoms. The van der Waals surface area contributed by atoms with Crippen LogP contribution in [0, 0.1) is 0 Å². The van der Waals surface area contributed by atoms with Crippen molar-refractivity contribution in [1.82, 2.24) is 5.01 Å². The summed E-state index contributed by atoms with van der Waals surface area (Å²) < 4.78 is 8.37. The average molecular weight is 519 g/mol. The standard InChI is InChI=1S/C22H15Br2ClN2O/c23-14-10-16-20-12-19(13-6-2-1-3-7-13)26-27(20)22(28-21(16)17(24)11-14)15-8-4-5-9-18(15)25/h1-11,20,22H,12H2/t20-,22-/m1/s1. The van der Waals surface area contributed by atoms with Crippen molar-refractivity contribution in [2.45, 2.75) is 18.7 Å². The molecular formula is C22H15Br2ClN2O. The third-order valence-corrected chi connectivity index (χ3v) is 6.48. The maximum Gasteiger partial charge on any atom is 0.215 e. The summed E-state index contributed by atoms with van der Waals surface area (Å²) in [5.74, 6) is 0.846. The SMILES string of the molecule is Clc1ccccc1[C@H]1Oc2c(Br)cc(Br)cc2[C@H]2CC(c3ccccc3)=NN21. The summed E-state index contributed by atoms with van der Waals surface area (Å²) in [5, 5.41) is 7.69. The lowest BCUT2D eigenvalue weighted by Gasteiger charge is -2.39. The third kappa shape index (κ3) is 3.06. The molecule has 2 heterocycles. The van der Waals surface area contributed by atoms with Gasteiger partial charge in [0, 0.05) is 27.0 Å². The Kier molecular flexibility index (Phi) is 4.69. The molecule has 3 aromatic carbocycles. The van der Waals surface area contributed by atoms with Crippen molar-refractivity contribution in [3.8, 4) is 5.75 Å². The highest BCUT2D eigenvalue weighted by Gasteiger charge is 2.42. The van der Waals surface area contributed by atoms with Gasteiger partial charge in [-0.3, -0.25) is 0 Å². The van der Waals surface area contributed by atoms with E-state index >= 15 is 0 Å². The van der Waals surface area contributed by atoms with E-state index in [1.165, 1.54) is 0 Å². The van der Waals surface area contributed by atoms with E-state index in [1.807, 2.05) is 53.5 Å². The van der Waals surface area contributed by atoms with Gasteiger partial charge in [0.25, 0.3) is 0 Å². The lowest BCUT2D eigenvalue weighted by Crippen LogP contribution is -2.34. The van der Waals surface area contributed by atoms with E-state index in [9.17, 15) is 0 Å². The zero-order valence-corrected chi connectivity index (χ0v) is 18.6. The van der Waals surface area contributed by atoms with E-state index in [2.05, 4.69) is 50.1 Å². The zero-order chi connectivity index (χ0) is 19.3. The number of benzene rings is 3. The summed E-state index contributed by atoms with van der Waals surface area (Å²) in [6, 6.07) is 22.3. The average Bonchev–Trinajstić information content (AvgIpc) is 3.15. The maximum absolute atomic E-state index is 6.52. The van der Waals surface area contributed by atoms with Gasteiger partial charge in [-0.25, -0.2) is 5.01 Å². The molecule has 0 N–H and O–H groups in total. The fraction of sp³-hybridized carbons (Fsp3) is 0.136. The van der Waals surface area contributed by atoms with Gasteiger partial charge < -0.3 is 4.74 Å². The van der Waals surface area contributed by atoms with Gasteiger partial charge in [-0.1, -0.05) is 76.1 Å². The molecule has 0 radical (unpaired) electrons. The number of ether oxygens (including phenoxy) is 1. The number of hydrogen-bond donors (Lipinski definition) is 0. The number of fused-ring (bicyclic) bond motifs is 3. The molecule has 0 fully saturated rings. The van der Waals surface area contributed by atoms with Crippen molar-refractivity contribution in [3.05, 3.63) is 97.4 Å². The van der Waals surface area contributed by atoms with Gasteiger partial charge in [0.2, 0.25) is 6.23 Å². The molecule has 3 nitrogen and oxygen atoms in total. The van der Waals surface area contributed by atoms with Gasteiger partial charge in [0.1, 0.15) is 5.75 Å². The van der Waals surface area contributed by atoms with Crippen LogP contribution < -0.4 is 4.74 Å². The van der Waals surface area contributed by atoms with E-state index in [0.29, 0.717) is 5.02 Å². The Morgan fingerprint density at radius 1 is 0.964 bits per heavy atom. The minimum absolute atomic E-state index is 0.0778. The Balaban J connectivity index is 1.66. The van der Waals surface area contributed by atoms with E-state index in [4.69, 9.17) is 21.4 Å². The number of rotatable bonds is 2. The Labute approximate surface area is 185 Å². The fourth-order valence-electron chi connectivity index (χ4n) is 3.80. The highest BCUT2D eigenvalue weighted by molar-refractivity contribution is 9.11. The molecule has 2 aliphatic heterocycles. The molecular weight excluding hydrogens is 504 g/mol. The van der Waals surface area contributed by atoms with Crippen LogP contribution in [0.5, 0.6) is 5.75 Å². The fourth-order valence-corrected chi connectivity index (χ4v) is 5.38. The number of hydrogen-bond acceptors (Lipinski definition) is 3. The summed E-state index contributed by atoms with van der Waals surface area (Å²) in [5.41, 5.74) is 4.20. The quantitative estimate of drug-likeness (QED) is 0.361. The van der Waals surface area contributed by atoms with Gasteiger partial charge in [-0.15, -0.1) is 0 Å². The largest absolute Gasteiger partial charge is 0.463 e. The minimum atomic E-state index is -0.384. The van der Waals surface area contributed by atoms with Crippen LogP contribution in [0.3, 0.4) is 0 Å². The van der Waals surface area contributed by atoms with Gasteiger partial charge in [0.15, 0.2) is 0 Å². The smallest absolute Gasteiger partial charge is 0.215 e. The van der Waals surface area contributed by atoms with Crippen LogP contribution in [0.15, 0.2) is 80.8 Å². The van der Waals surface area contributed by atoms with Gasteiger partial charge >= 0.3 is 0 Å². The van der Waals surface area contributed by atoms with Gasteiger partial charge in [0.05, 0.1) is 16.2 Å². The summed E-state index contributed by atoms with van der Waals surface area (Å²) in [6.45, 7) is 0. The number of nitrogens with zero attached hydrogens (tertiary/aromatic N) is 2. The number of hydrazone groups is 1. The van der Waals surface area contributed by atoms with E-state index in [0.717, 1.165) is 43.5 Å². The number of halogens is 3. The lowest BCUT2D eigenvalue weighted by atomic mass is 9.96. The second-order valence-electron chi connectivity index (χ2n) is 6.81. The lowest BCUT2D eigenvalue weighted by molar-refractivity contribution is -0.0196. The first-order chi connectivity index (χ1) is 13.6. The van der Waals surface area contributed by atoms with Crippen LogP contribution in [0.25, 0.3) is 0 Å². The minimum Gasteiger partial charge on any atom is -0.463 e. The topological polar surface area (TPSA) is 24.8 Å². The first kappa shape index (κ1) is 18.2. The van der Waals surface area contributed by atoms with Crippen LogP contribution in [-0.2, 0) is 0 Å². The monoisotopic (exact) mass is 516 g/mol. The van der Waals surface area contributed by atoms with Crippen LogP contribution in [0.1, 0.15) is 35.4 Å². The first-order valence-electron chi connectivity index (χ1n) is 8.93. The Morgan fingerprint density at radius 3 is 2.50 bits per heavy atom. The Morgan fingerprint density at radius 2 is 1.71 bits per heavy atom. The van der Waals surface area contributed by atoms with E-state index in [1.54, 1.807) is 0 Å². The van der Waals surface area contributed by atoms with E-state index < -0.39 is 0 Å². The predicted molar refractivity (Wildman–Crippen MR) is 119 cm³/mol. The van der Waals surface area contributed by atoms with E-state index in [-0.39, 0.29) is 12.3 Å². The summed E-state index contributed by atoms with van der Waals surface area (Å²) in [7, 11) is 0. The van der Waals surface area contributed by atoms with Crippen molar-refractivity contribution in [3.63, 3.8) is 0 Å². The van der Waals surface area contributed by atoms with Crippen molar-refractivity contribution < 1.29 is 4.74 Å². The molecule has 2 atom stereocenters. The third-order valence-electron chi connectivity index (χ3n) is 5.09. The molecule has 5 rings (SSSR count). The molecule has 0 saturated heterocycles. The van der Waals surface area contributed by atoms with Gasteiger partial charge in [-0.2, -0.15) is 5.10 Å². The summed E-state index contributed by atoms with van der Waals surface area (Å²) >= 11 is 13.8. The first-order valence-corrected chi connectivity index (χ1v) is 10.9. The molecule has 0 bridgehead atoms. The van der Waals surface area contributed by atoms with Crippen molar-refractivity contribution >= 4 is 49.2 Å². The molecule has 0 spiro atoms. The molecule has 3 aromatic rings. The predicted octanol–water partition coefficient (Wildman–Crippen LogP) is 7.11. The Bertz CT molecular complexity index is 1090. The maximum atomic E-state index is 6.52.